The predicted molar refractivity (Wildman–Crippen MR) is 107 cm³/mol. The van der Waals surface area contributed by atoms with Gasteiger partial charge in [-0.3, -0.25) is 4.79 Å². The zero-order chi connectivity index (χ0) is 18.7. The zero-order valence-electron chi connectivity index (χ0n) is 16.6. The minimum Gasteiger partial charge on any atom is -0.341 e. The standard InChI is InChI=1S/C21H33N5O/c1-2-22-18-13-21(9-5-3-6-10-21)26(16-18)19(27)17-14-23-20(24-15-17)25-11-7-4-8-12-25/h14-15,18,22H,2-13,16H2,1H3. The highest BCUT2D eigenvalue weighted by Crippen LogP contribution is 2.42. The summed E-state index contributed by atoms with van der Waals surface area (Å²) in [5.74, 6) is 0.882. The minimum absolute atomic E-state index is 0.0354. The molecule has 0 radical (unpaired) electrons. The van der Waals surface area contributed by atoms with E-state index in [9.17, 15) is 4.79 Å². The fraction of sp³-hybridized carbons (Fsp3) is 0.762. The van der Waals surface area contributed by atoms with E-state index in [1.54, 1.807) is 12.4 Å². The maximum atomic E-state index is 13.4. The molecule has 3 aliphatic rings. The summed E-state index contributed by atoms with van der Waals surface area (Å²) < 4.78 is 0. The van der Waals surface area contributed by atoms with Crippen molar-refractivity contribution in [2.75, 3.05) is 31.1 Å². The number of nitrogens with zero attached hydrogens (tertiary/aromatic N) is 4. The summed E-state index contributed by atoms with van der Waals surface area (Å²) in [5.41, 5.74) is 0.672. The molecule has 1 spiro atoms. The van der Waals surface area contributed by atoms with Crippen molar-refractivity contribution < 1.29 is 4.79 Å². The van der Waals surface area contributed by atoms with Gasteiger partial charge in [0.15, 0.2) is 0 Å². The Morgan fingerprint density at radius 2 is 1.78 bits per heavy atom. The van der Waals surface area contributed by atoms with Crippen molar-refractivity contribution in [3.8, 4) is 0 Å². The van der Waals surface area contributed by atoms with Crippen LogP contribution in [0.5, 0.6) is 0 Å². The van der Waals surface area contributed by atoms with E-state index in [0.29, 0.717) is 11.6 Å². The molecule has 1 aromatic heterocycles. The maximum absolute atomic E-state index is 13.4. The van der Waals surface area contributed by atoms with Gasteiger partial charge in [0, 0.05) is 43.6 Å². The molecule has 1 saturated carbocycles. The topological polar surface area (TPSA) is 61.4 Å². The lowest BCUT2D eigenvalue weighted by Crippen LogP contribution is -2.48. The van der Waals surface area contributed by atoms with Gasteiger partial charge in [0.25, 0.3) is 5.91 Å². The van der Waals surface area contributed by atoms with Crippen LogP contribution in [0, 0.1) is 0 Å². The average molecular weight is 372 g/mol. The Morgan fingerprint density at radius 1 is 1.11 bits per heavy atom. The molecule has 1 aliphatic carbocycles. The van der Waals surface area contributed by atoms with Gasteiger partial charge in [-0.2, -0.15) is 0 Å². The molecule has 148 valence electrons. The van der Waals surface area contributed by atoms with Crippen molar-refractivity contribution >= 4 is 11.9 Å². The first kappa shape index (κ1) is 18.7. The van der Waals surface area contributed by atoms with E-state index in [1.807, 2.05) is 0 Å². The molecule has 1 atom stereocenters. The molecule has 1 N–H and O–H groups in total. The lowest BCUT2D eigenvalue weighted by Gasteiger charge is -2.41. The fourth-order valence-corrected chi connectivity index (χ4v) is 5.30. The van der Waals surface area contributed by atoms with E-state index >= 15 is 0 Å². The maximum Gasteiger partial charge on any atom is 0.257 e. The number of aromatic nitrogens is 2. The van der Waals surface area contributed by atoms with Crippen LogP contribution in [-0.2, 0) is 0 Å². The van der Waals surface area contributed by atoms with Gasteiger partial charge >= 0.3 is 0 Å². The molecule has 0 aromatic carbocycles. The Labute approximate surface area is 162 Å². The summed E-state index contributed by atoms with van der Waals surface area (Å²) in [4.78, 5) is 26.8. The Hall–Kier alpha value is -1.69. The number of rotatable bonds is 4. The second kappa shape index (κ2) is 8.13. The Balaban J connectivity index is 1.51. The second-order valence-electron chi connectivity index (χ2n) is 8.48. The monoisotopic (exact) mass is 371 g/mol. The van der Waals surface area contributed by atoms with Crippen LogP contribution in [0.1, 0.15) is 75.1 Å². The van der Waals surface area contributed by atoms with E-state index in [2.05, 4.69) is 32.0 Å². The van der Waals surface area contributed by atoms with Gasteiger partial charge in [-0.1, -0.05) is 26.2 Å². The molecule has 3 fully saturated rings. The lowest BCUT2D eigenvalue weighted by atomic mass is 9.79. The van der Waals surface area contributed by atoms with E-state index in [4.69, 9.17) is 0 Å². The van der Waals surface area contributed by atoms with Crippen LogP contribution in [0.15, 0.2) is 12.4 Å². The molecule has 1 amide bonds. The number of piperidine rings is 1. The van der Waals surface area contributed by atoms with Crippen molar-refractivity contribution in [3.05, 3.63) is 18.0 Å². The molecule has 4 rings (SSSR count). The summed E-state index contributed by atoms with van der Waals surface area (Å²) in [6.45, 7) is 5.95. The first-order valence-electron chi connectivity index (χ1n) is 10.8. The minimum atomic E-state index is 0.0354. The Bertz CT molecular complexity index is 634. The third-order valence-corrected chi connectivity index (χ3v) is 6.65. The second-order valence-corrected chi connectivity index (χ2v) is 8.48. The van der Waals surface area contributed by atoms with Crippen molar-refractivity contribution in [3.63, 3.8) is 0 Å². The van der Waals surface area contributed by atoms with E-state index in [-0.39, 0.29) is 11.4 Å². The van der Waals surface area contributed by atoms with E-state index in [0.717, 1.165) is 51.4 Å². The largest absolute Gasteiger partial charge is 0.341 e. The van der Waals surface area contributed by atoms with Crippen LogP contribution in [0.2, 0.25) is 0 Å². The van der Waals surface area contributed by atoms with Gasteiger partial charge in [0.05, 0.1) is 5.56 Å². The average Bonchev–Trinajstić information content (AvgIpc) is 3.06. The number of amides is 1. The van der Waals surface area contributed by atoms with Crippen LogP contribution < -0.4 is 10.2 Å². The van der Waals surface area contributed by atoms with E-state index < -0.39 is 0 Å². The number of anilines is 1. The number of nitrogens with one attached hydrogen (secondary N) is 1. The van der Waals surface area contributed by atoms with Gasteiger partial charge in [-0.15, -0.1) is 0 Å². The van der Waals surface area contributed by atoms with Crippen LogP contribution in [0.25, 0.3) is 0 Å². The fourth-order valence-electron chi connectivity index (χ4n) is 5.30. The van der Waals surface area contributed by atoms with Crippen LogP contribution in [0.3, 0.4) is 0 Å². The number of hydrogen-bond donors (Lipinski definition) is 1. The van der Waals surface area contributed by atoms with E-state index in [1.165, 1.54) is 38.5 Å². The summed E-state index contributed by atoms with van der Waals surface area (Å²) in [6, 6.07) is 0.408. The Kier molecular flexibility index (Phi) is 5.62. The van der Waals surface area contributed by atoms with Gasteiger partial charge in [-0.25, -0.2) is 9.97 Å². The van der Waals surface area contributed by atoms with Crippen molar-refractivity contribution in [1.29, 1.82) is 0 Å². The number of likely N-dealkylation sites (N-methyl/N-ethyl adjacent to an activating group) is 1. The quantitative estimate of drug-likeness (QED) is 0.882. The normalized spacial score (nSPS) is 25.1. The van der Waals surface area contributed by atoms with Crippen molar-refractivity contribution in [2.45, 2.75) is 76.3 Å². The molecule has 0 bridgehead atoms. The molecule has 27 heavy (non-hydrogen) atoms. The molecule has 2 saturated heterocycles. The molecule has 3 heterocycles. The molecule has 1 aromatic rings. The Morgan fingerprint density at radius 3 is 2.44 bits per heavy atom. The summed E-state index contributed by atoms with van der Waals surface area (Å²) >= 11 is 0. The molecule has 2 aliphatic heterocycles. The number of likely N-dealkylation sites (tertiary alicyclic amines) is 1. The number of hydrogen-bond acceptors (Lipinski definition) is 5. The van der Waals surface area contributed by atoms with Gasteiger partial charge in [0.2, 0.25) is 5.95 Å². The van der Waals surface area contributed by atoms with Crippen LogP contribution >= 0.6 is 0 Å². The zero-order valence-corrected chi connectivity index (χ0v) is 16.6. The lowest BCUT2D eigenvalue weighted by molar-refractivity contribution is 0.0499. The predicted octanol–water partition coefficient (Wildman–Crippen LogP) is 2.99. The SMILES string of the molecule is CCNC1CN(C(=O)c2cnc(N3CCCCC3)nc2)C2(CCCCC2)C1. The summed E-state index contributed by atoms with van der Waals surface area (Å²) in [7, 11) is 0. The summed E-state index contributed by atoms with van der Waals surface area (Å²) in [6.07, 6.45) is 14.3. The molecular weight excluding hydrogens is 338 g/mol. The number of carbonyl (C=O) groups is 1. The highest BCUT2D eigenvalue weighted by atomic mass is 16.2. The van der Waals surface area contributed by atoms with Crippen molar-refractivity contribution in [2.24, 2.45) is 0 Å². The molecule has 1 unspecified atom stereocenters. The smallest absolute Gasteiger partial charge is 0.257 e. The highest BCUT2D eigenvalue weighted by Gasteiger charge is 2.48. The van der Waals surface area contributed by atoms with Crippen molar-refractivity contribution in [1.82, 2.24) is 20.2 Å². The van der Waals surface area contributed by atoms with Gasteiger partial charge in [0.1, 0.15) is 0 Å². The highest BCUT2D eigenvalue weighted by molar-refractivity contribution is 5.94. The van der Waals surface area contributed by atoms with Crippen LogP contribution in [-0.4, -0.2) is 58.5 Å². The van der Waals surface area contributed by atoms with Gasteiger partial charge in [-0.05, 0) is 45.1 Å². The first-order chi connectivity index (χ1) is 13.2. The summed E-state index contributed by atoms with van der Waals surface area (Å²) in [5, 5.41) is 3.57. The molecule has 6 heteroatoms. The third kappa shape index (κ3) is 3.82. The molecule has 6 nitrogen and oxygen atoms in total. The molecular formula is C21H33N5O. The first-order valence-corrected chi connectivity index (χ1v) is 10.8. The van der Waals surface area contributed by atoms with Gasteiger partial charge < -0.3 is 15.1 Å². The number of carbonyl (C=O) groups excluding carboxylic acids is 1. The van der Waals surface area contributed by atoms with Crippen LogP contribution in [0.4, 0.5) is 5.95 Å². The third-order valence-electron chi connectivity index (χ3n) is 6.65.